The molecular weight excluding hydrogens is 484 g/mol. The van der Waals surface area contributed by atoms with Crippen LogP contribution in [-0.4, -0.2) is 66.4 Å². The van der Waals surface area contributed by atoms with Gasteiger partial charge in [0, 0.05) is 31.6 Å². The van der Waals surface area contributed by atoms with E-state index in [0.717, 1.165) is 30.4 Å². The molecule has 38 heavy (non-hydrogen) atoms. The van der Waals surface area contributed by atoms with Gasteiger partial charge in [0.25, 0.3) is 0 Å². The van der Waals surface area contributed by atoms with Crippen molar-refractivity contribution in [2.75, 3.05) is 33.5 Å². The molecule has 2 aliphatic rings. The maximum Gasteiger partial charge on any atom is 0.309 e. The molecule has 0 aliphatic carbocycles. The zero-order chi connectivity index (χ0) is 27.2. The van der Waals surface area contributed by atoms with Crippen LogP contribution in [0.2, 0.25) is 0 Å². The highest BCUT2D eigenvalue weighted by Gasteiger charge is 2.51. The van der Waals surface area contributed by atoms with Crippen molar-refractivity contribution in [1.82, 2.24) is 9.80 Å². The predicted octanol–water partition coefficient (Wildman–Crippen LogP) is 5.08. The molecule has 8 nitrogen and oxygen atoms in total. The second kappa shape index (κ2) is 12.5. The number of nitrogens with zero attached hydrogens (tertiary/aromatic N) is 2. The number of benzene rings is 2. The number of rotatable bonds is 12. The van der Waals surface area contributed by atoms with Crippen molar-refractivity contribution in [1.29, 1.82) is 0 Å². The maximum absolute atomic E-state index is 14.0. The summed E-state index contributed by atoms with van der Waals surface area (Å²) in [7, 11) is 1.61. The Morgan fingerprint density at radius 2 is 1.66 bits per heavy atom. The fraction of sp³-hybridized carbons (Fsp3) is 0.533. The van der Waals surface area contributed by atoms with Crippen LogP contribution < -0.4 is 14.2 Å². The summed E-state index contributed by atoms with van der Waals surface area (Å²) in [6.07, 6.45) is 3.24. The Kier molecular flexibility index (Phi) is 9.15. The summed E-state index contributed by atoms with van der Waals surface area (Å²) in [6.45, 7) is 8.24. The van der Waals surface area contributed by atoms with Crippen molar-refractivity contribution in [2.24, 2.45) is 5.92 Å². The molecule has 0 aromatic heterocycles. The molecule has 0 saturated carbocycles. The molecule has 4 atom stereocenters. The normalized spacial score (nSPS) is 21.3. The SMILES string of the molecule is CCC[C@H](C(=O)N(CCC)CCC)N1C[C@H](c2ccc3c(c2)OCO3)[C@@H](C(=O)O)[C@@H]1c1ccc(OC)cc1. The maximum atomic E-state index is 14.0. The molecule has 1 fully saturated rings. The molecule has 4 rings (SSSR count). The summed E-state index contributed by atoms with van der Waals surface area (Å²) in [4.78, 5) is 31.1. The number of likely N-dealkylation sites (tertiary alicyclic amines) is 1. The molecule has 2 heterocycles. The molecular formula is C30H40N2O6. The van der Waals surface area contributed by atoms with Crippen LogP contribution in [0.15, 0.2) is 42.5 Å². The second-order valence-electron chi connectivity index (χ2n) is 10.1. The van der Waals surface area contributed by atoms with Gasteiger partial charge in [-0.15, -0.1) is 0 Å². The number of carbonyl (C=O) groups excluding carboxylic acids is 1. The molecule has 0 radical (unpaired) electrons. The first kappa shape index (κ1) is 27.8. The van der Waals surface area contributed by atoms with Crippen molar-refractivity contribution < 1.29 is 28.9 Å². The van der Waals surface area contributed by atoms with E-state index in [1.54, 1.807) is 7.11 Å². The Bertz CT molecular complexity index is 1100. The van der Waals surface area contributed by atoms with Crippen LogP contribution in [0.1, 0.15) is 69.5 Å². The summed E-state index contributed by atoms with van der Waals surface area (Å²) in [5, 5.41) is 10.6. The molecule has 8 heteroatoms. The van der Waals surface area contributed by atoms with E-state index in [0.29, 0.717) is 43.3 Å². The molecule has 1 N–H and O–H groups in total. The zero-order valence-electron chi connectivity index (χ0n) is 22.9. The largest absolute Gasteiger partial charge is 0.497 e. The molecule has 1 saturated heterocycles. The van der Waals surface area contributed by atoms with Gasteiger partial charge >= 0.3 is 5.97 Å². The number of carboxylic acid groups (broad SMARTS) is 1. The average Bonchev–Trinajstić information content (AvgIpc) is 3.56. The van der Waals surface area contributed by atoms with Gasteiger partial charge in [0.15, 0.2) is 11.5 Å². The number of methoxy groups -OCH3 is 1. The van der Waals surface area contributed by atoms with E-state index in [1.807, 2.05) is 47.4 Å². The second-order valence-corrected chi connectivity index (χ2v) is 10.1. The lowest BCUT2D eigenvalue weighted by molar-refractivity contribution is -0.145. The minimum absolute atomic E-state index is 0.0875. The smallest absolute Gasteiger partial charge is 0.309 e. The van der Waals surface area contributed by atoms with Gasteiger partial charge in [0.05, 0.1) is 19.1 Å². The minimum Gasteiger partial charge on any atom is -0.497 e. The average molecular weight is 525 g/mol. The van der Waals surface area contributed by atoms with Gasteiger partial charge in [-0.2, -0.15) is 0 Å². The number of hydrogen-bond acceptors (Lipinski definition) is 6. The molecule has 2 aliphatic heterocycles. The third-order valence-corrected chi connectivity index (χ3v) is 7.65. The highest BCUT2D eigenvalue weighted by molar-refractivity contribution is 5.82. The number of fused-ring (bicyclic) bond motifs is 1. The summed E-state index contributed by atoms with van der Waals surface area (Å²) in [6, 6.07) is 12.4. The third kappa shape index (κ3) is 5.60. The van der Waals surface area contributed by atoms with Crippen molar-refractivity contribution in [3.8, 4) is 17.2 Å². The number of hydrogen-bond donors (Lipinski definition) is 1. The van der Waals surface area contributed by atoms with Gasteiger partial charge in [-0.05, 0) is 54.7 Å². The third-order valence-electron chi connectivity index (χ3n) is 7.65. The van der Waals surface area contributed by atoms with Crippen LogP contribution in [0.4, 0.5) is 0 Å². The number of carboxylic acids is 1. The quantitative estimate of drug-likeness (QED) is 0.414. The Morgan fingerprint density at radius 3 is 2.26 bits per heavy atom. The van der Waals surface area contributed by atoms with Gasteiger partial charge in [0.1, 0.15) is 5.75 Å². The Hall–Kier alpha value is -3.26. The first-order chi connectivity index (χ1) is 18.4. The molecule has 0 bridgehead atoms. The van der Waals surface area contributed by atoms with Crippen molar-refractivity contribution in [3.05, 3.63) is 53.6 Å². The predicted molar refractivity (Wildman–Crippen MR) is 145 cm³/mol. The lowest BCUT2D eigenvalue weighted by Gasteiger charge is -2.36. The van der Waals surface area contributed by atoms with E-state index in [9.17, 15) is 14.7 Å². The molecule has 2 aromatic carbocycles. The molecule has 206 valence electrons. The fourth-order valence-electron chi connectivity index (χ4n) is 5.95. The first-order valence-electron chi connectivity index (χ1n) is 13.7. The molecule has 1 amide bonds. The van der Waals surface area contributed by atoms with Crippen LogP contribution in [0.3, 0.4) is 0 Å². The number of aliphatic carboxylic acids is 1. The van der Waals surface area contributed by atoms with Gasteiger partial charge in [0.2, 0.25) is 12.7 Å². The van der Waals surface area contributed by atoms with Gasteiger partial charge in [-0.3, -0.25) is 14.5 Å². The topological polar surface area (TPSA) is 88.5 Å². The minimum atomic E-state index is -0.877. The van der Waals surface area contributed by atoms with Gasteiger partial charge in [-0.1, -0.05) is 45.4 Å². The number of ether oxygens (including phenoxy) is 3. The monoisotopic (exact) mass is 524 g/mol. The zero-order valence-corrected chi connectivity index (χ0v) is 22.9. The molecule has 0 unspecified atom stereocenters. The van der Waals surface area contributed by atoms with E-state index in [2.05, 4.69) is 25.7 Å². The summed E-state index contributed by atoms with van der Waals surface area (Å²) in [5.74, 6) is 0.132. The summed E-state index contributed by atoms with van der Waals surface area (Å²) < 4.78 is 16.5. The number of amides is 1. The highest BCUT2D eigenvalue weighted by Crippen LogP contribution is 2.49. The Labute approximate surface area is 225 Å². The fourth-order valence-corrected chi connectivity index (χ4v) is 5.95. The number of carbonyl (C=O) groups is 2. The van der Waals surface area contributed by atoms with E-state index in [4.69, 9.17) is 14.2 Å². The Balaban J connectivity index is 1.80. The van der Waals surface area contributed by atoms with Crippen molar-refractivity contribution in [2.45, 2.75) is 64.5 Å². The van der Waals surface area contributed by atoms with E-state index in [-0.39, 0.29) is 18.6 Å². The standard InChI is InChI=1S/C30H40N2O6/c1-5-8-24(29(33)31(15-6-2)16-7-3)32-18-23(21-11-14-25-26(17-21)38-19-37-25)27(30(34)35)28(32)20-9-12-22(36-4)13-10-20/h9-14,17,23-24,27-28H,5-8,15-16,18-19H2,1-4H3,(H,34,35)/t23-,24-,27-,28+/m1/s1. The molecule has 2 aromatic rings. The molecule has 0 spiro atoms. The van der Waals surface area contributed by atoms with Crippen molar-refractivity contribution in [3.63, 3.8) is 0 Å². The van der Waals surface area contributed by atoms with Crippen LogP contribution >= 0.6 is 0 Å². The first-order valence-corrected chi connectivity index (χ1v) is 13.7. The van der Waals surface area contributed by atoms with E-state index in [1.165, 1.54) is 0 Å². The van der Waals surface area contributed by atoms with Crippen molar-refractivity contribution >= 4 is 11.9 Å². The van der Waals surface area contributed by atoms with E-state index >= 15 is 0 Å². The summed E-state index contributed by atoms with van der Waals surface area (Å²) >= 11 is 0. The van der Waals surface area contributed by atoms with Gasteiger partial charge in [-0.25, -0.2) is 0 Å². The van der Waals surface area contributed by atoms with Crippen LogP contribution in [0.5, 0.6) is 17.2 Å². The lowest BCUT2D eigenvalue weighted by atomic mass is 9.82. The highest BCUT2D eigenvalue weighted by atomic mass is 16.7. The van der Waals surface area contributed by atoms with Gasteiger partial charge < -0.3 is 24.2 Å². The van der Waals surface area contributed by atoms with Crippen LogP contribution in [0, 0.1) is 5.92 Å². The van der Waals surface area contributed by atoms with E-state index < -0.39 is 24.0 Å². The summed E-state index contributed by atoms with van der Waals surface area (Å²) in [5.41, 5.74) is 1.75. The van der Waals surface area contributed by atoms with Crippen LogP contribution in [0.25, 0.3) is 0 Å². The Morgan fingerprint density at radius 1 is 1.00 bits per heavy atom. The lowest BCUT2D eigenvalue weighted by Crippen LogP contribution is -2.49. The van der Waals surface area contributed by atoms with Crippen LogP contribution in [-0.2, 0) is 9.59 Å².